The van der Waals surface area contributed by atoms with E-state index in [1.165, 1.54) is 18.2 Å². The Morgan fingerprint density at radius 2 is 2.00 bits per heavy atom. The second-order valence-corrected chi connectivity index (χ2v) is 4.59. The van der Waals surface area contributed by atoms with E-state index in [0.29, 0.717) is 12.1 Å². The molecule has 0 aliphatic heterocycles. The van der Waals surface area contributed by atoms with E-state index in [2.05, 4.69) is 5.32 Å². The molecule has 0 aliphatic rings. The number of hydrogen-bond acceptors (Lipinski definition) is 2. The maximum atomic E-state index is 13.9. The number of halogens is 3. The fraction of sp³-hybridized carbons (Fsp3) is 0.200. The second-order valence-electron chi connectivity index (χ2n) is 4.19. The molecule has 0 radical (unpaired) electrons. The number of hydrogen-bond donors (Lipinski definition) is 1. The Morgan fingerprint density at radius 1 is 1.20 bits per heavy atom. The van der Waals surface area contributed by atoms with Gasteiger partial charge in [-0.05, 0) is 30.8 Å². The molecule has 1 N–H and O–H groups in total. The molecule has 106 valence electrons. The third-order valence-corrected chi connectivity index (χ3v) is 3.02. The Labute approximate surface area is 121 Å². The van der Waals surface area contributed by atoms with E-state index in [9.17, 15) is 8.78 Å². The van der Waals surface area contributed by atoms with Crippen LogP contribution >= 0.6 is 11.6 Å². The fourth-order valence-electron chi connectivity index (χ4n) is 1.73. The molecular weight excluding hydrogens is 284 g/mol. The van der Waals surface area contributed by atoms with Crippen molar-refractivity contribution in [2.24, 2.45) is 0 Å². The monoisotopic (exact) mass is 297 g/mol. The van der Waals surface area contributed by atoms with Crippen molar-refractivity contribution in [3.8, 4) is 11.5 Å². The zero-order chi connectivity index (χ0) is 14.5. The predicted octanol–water partition coefficient (Wildman–Crippen LogP) is 4.52. The Morgan fingerprint density at radius 3 is 2.70 bits per heavy atom. The summed E-state index contributed by atoms with van der Waals surface area (Å²) in [5, 5.41) is 3.20. The molecule has 2 rings (SSSR count). The molecule has 2 nitrogen and oxygen atoms in total. The summed E-state index contributed by atoms with van der Waals surface area (Å²) in [5.41, 5.74) is 0.673. The largest absolute Gasteiger partial charge is 0.452 e. The van der Waals surface area contributed by atoms with E-state index < -0.39 is 11.6 Å². The van der Waals surface area contributed by atoms with Crippen molar-refractivity contribution in [3.05, 3.63) is 58.6 Å². The first-order valence-electron chi connectivity index (χ1n) is 6.23. The van der Waals surface area contributed by atoms with Crippen LogP contribution in [-0.2, 0) is 6.54 Å². The molecule has 0 bridgehead atoms. The SMILES string of the molecule is CCNCc1cccc(F)c1Oc1ccc(F)cc1Cl. The zero-order valence-corrected chi connectivity index (χ0v) is 11.7. The highest BCUT2D eigenvalue weighted by Gasteiger charge is 2.13. The minimum absolute atomic E-state index is 0.0990. The number of para-hydroxylation sites is 1. The van der Waals surface area contributed by atoms with Gasteiger partial charge in [0.1, 0.15) is 11.6 Å². The van der Waals surface area contributed by atoms with E-state index in [4.69, 9.17) is 16.3 Å². The molecule has 0 aromatic heterocycles. The van der Waals surface area contributed by atoms with Crippen LogP contribution in [0.3, 0.4) is 0 Å². The Bertz CT molecular complexity index is 604. The van der Waals surface area contributed by atoms with Crippen molar-refractivity contribution in [1.82, 2.24) is 5.32 Å². The van der Waals surface area contributed by atoms with E-state index in [-0.39, 0.29) is 16.5 Å². The molecule has 0 heterocycles. The lowest BCUT2D eigenvalue weighted by Gasteiger charge is -2.13. The molecule has 0 saturated carbocycles. The molecule has 0 atom stereocenters. The van der Waals surface area contributed by atoms with Crippen molar-refractivity contribution in [2.75, 3.05) is 6.54 Å². The van der Waals surface area contributed by atoms with E-state index in [0.717, 1.165) is 12.6 Å². The summed E-state index contributed by atoms with van der Waals surface area (Å²) < 4.78 is 32.4. The highest BCUT2D eigenvalue weighted by molar-refractivity contribution is 6.32. The van der Waals surface area contributed by atoms with Crippen LogP contribution in [0.15, 0.2) is 36.4 Å². The van der Waals surface area contributed by atoms with Gasteiger partial charge in [0, 0.05) is 12.1 Å². The summed E-state index contributed by atoms with van der Waals surface area (Å²) in [7, 11) is 0. The summed E-state index contributed by atoms with van der Waals surface area (Å²) in [6.45, 7) is 3.19. The maximum absolute atomic E-state index is 13.9. The minimum Gasteiger partial charge on any atom is -0.452 e. The fourth-order valence-corrected chi connectivity index (χ4v) is 1.94. The average Bonchev–Trinajstić information content (AvgIpc) is 2.42. The van der Waals surface area contributed by atoms with Crippen molar-refractivity contribution in [3.63, 3.8) is 0 Å². The summed E-state index contributed by atoms with van der Waals surface area (Å²) in [6, 6.07) is 8.40. The van der Waals surface area contributed by atoms with Crippen molar-refractivity contribution >= 4 is 11.6 Å². The summed E-state index contributed by atoms with van der Waals surface area (Å²) >= 11 is 5.89. The Balaban J connectivity index is 2.32. The van der Waals surface area contributed by atoms with Gasteiger partial charge in [0.25, 0.3) is 0 Å². The van der Waals surface area contributed by atoms with Gasteiger partial charge >= 0.3 is 0 Å². The first-order valence-corrected chi connectivity index (χ1v) is 6.60. The predicted molar refractivity (Wildman–Crippen MR) is 75.3 cm³/mol. The van der Waals surface area contributed by atoms with Crippen LogP contribution in [0.1, 0.15) is 12.5 Å². The lowest BCUT2D eigenvalue weighted by Crippen LogP contribution is -2.12. The number of rotatable bonds is 5. The van der Waals surface area contributed by atoms with Gasteiger partial charge in [-0.2, -0.15) is 0 Å². The van der Waals surface area contributed by atoms with Crippen molar-refractivity contribution < 1.29 is 13.5 Å². The highest BCUT2D eigenvalue weighted by Crippen LogP contribution is 2.33. The molecule has 0 spiro atoms. The van der Waals surface area contributed by atoms with Crippen LogP contribution in [0.4, 0.5) is 8.78 Å². The van der Waals surface area contributed by atoms with Crippen LogP contribution in [0.2, 0.25) is 5.02 Å². The van der Waals surface area contributed by atoms with Gasteiger partial charge in [0.05, 0.1) is 5.02 Å². The quantitative estimate of drug-likeness (QED) is 0.876. The minimum atomic E-state index is -0.485. The van der Waals surface area contributed by atoms with Crippen LogP contribution in [-0.4, -0.2) is 6.54 Å². The van der Waals surface area contributed by atoms with E-state index >= 15 is 0 Å². The molecule has 20 heavy (non-hydrogen) atoms. The highest BCUT2D eigenvalue weighted by atomic mass is 35.5. The van der Waals surface area contributed by atoms with Gasteiger partial charge in [0.15, 0.2) is 11.6 Å². The van der Waals surface area contributed by atoms with Gasteiger partial charge in [0.2, 0.25) is 0 Å². The van der Waals surface area contributed by atoms with Crippen molar-refractivity contribution in [2.45, 2.75) is 13.5 Å². The molecule has 0 saturated heterocycles. The molecule has 0 aliphatic carbocycles. The lowest BCUT2D eigenvalue weighted by atomic mass is 10.2. The molecule has 0 amide bonds. The number of nitrogens with one attached hydrogen (secondary N) is 1. The van der Waals surface area contributed by atoms with E-state index in [1.807, 2.05) is 6.92 Å². The van der Waals surface area contributed by atoms with Gasteiger partial charge in [-0.25, -0.2) is 8.78 Å². The first-order chi connectivity index (χ1) is 9.61. The van der Waals surface area contributed by atoms with Crippen LogP contribution in [0.25, 0.3) is 0 Å². The Hall–Kier alpha value is -1.65. The molecule has 2 aromatic carbocycles. The third kappa shape index (κ3) is 3.46. The molecular formula is C15H14ClF2NO. The van der Waals surface area contributed by atoms with Crippen LogP contribution < -0.4 is 10.1 Å². The van der Waals surface area contributed by atoms with Gasteiger partial charge in [-0.3, -0.25) is 0 Å². The molecule has 0 unspecified atom stereocenters. The summed E-state index contributed by atoms with van der Waals surface area (Å²) in [6.07, 6.45) is 0. The van der Waals surface area contributed by atoms with E-state index in [1.54, 1.807) is 12.1 Å². The summed E-state index contributed by atoms with van der Waals surface area (Å²) in [5.74, 6) is -0.637. The van der Waals surface area contributed by atoms with Gasteiger partial charge in [-0.1, -0.05) is 30.7 Å². The lowest BCUT2D eigenvalue weighted by molar-refractivity contribution is 0.433. The molecule has 2 aromatic rings. The van der Waals surface area contributed by atoms with Crippen molar-refractivity contribution in [1.29, 1.82) is 0 Å². The van der Waals surface area contributed by atoms with Crippen LogP contribution in [0.5, 0.6) is 11.5 Å². The molecule has 0 fully saturated rings. The smallest absolute Gasteiger partial charge is 0.167 e. The molecule has 5 heteroatoms. The third-order valence-electron chi connectivity index (χ3n) is 2.72. The second kappa shape index (κ2) is 6.68. The van der Waals surface area contributed by atoms with Crippen LogP contribution in [0, 0.1) is 11.6 Å². The topological polar surface area (TPSA) is 21.3 Å². The van der Waals surface area contributed by atoms with Gasteiger partial charge in [-0.15, -0.1) is 0 Å². The standard InChI is InChI=1S/C15H14ClF2NO/c1-2-19-9-10-4-3-5-13(18)15(10)20-14-7-6-11(17)8-12(14)16/h3-8,19H,2,9H2,1H3. The average molecular weight is 298 g/mol. The first kappa shape index (κ1) is 14.8. The summed E-state index contributed by atoms with van der Waals surface area (Å²) in [4.78, 5) is 0. The maximum Gasteiger partial charge on any atom is 0.167 e. The normalized spacial score (nSPS) is 10.6. The Kier molecular flexibility index (Phi) is 4.93. The van der Waals surface area contributed by atoms with Gasteiger partial charge < -0.3 is 10.1 Å². The number of ether oxygens (including phenoxy) is 1. The zero-order valence-electron chi connectivity index (χ0n) is 10.9. The number of benzene rings is 2.